The summed E-state index contributed by atoms with van der Waals surface area (Å²) in [7, 11) is 0. The van der Waals surface area contributed by atoms with E-state index < -0.39 is 0 Å². The van der Waals surface area contributed by atoms with Gasteiger partial charge in [0.15, 0.2) is 0 Å². The van der Waals surface area contributed by atoms with E-state index in [0.717, 1.165) is 17.1 Å². The number of aromatic nitrogens is 1. The fourth-order valence-corrected chi connectivity index (χ4v) is 6.74. The maximum absolute atomic E-state index is 10.1. The number of fused-ring (bicyclic) bond motifs is 6. The van der Waals surface area contributed by atoms with E-state index >= 15 is 0 Å². The summed E-state index contributed by atoms with van der Waals surface area (Å²) in [5.41, 5.74) is 9.96. The SMILES string of the molecule is N#Cc1ccccc1N1c2c(cccc2-n2c3ccccc3c3c(-c4ccccc4)cccc32)C2C=CC=CC21. The van der Waals surface area contributed by atoms with E-state index in [1.54, 1.807) is 0 Å². The Bertz CT molecular complexity index is 2040. The van der Waals surface area contributed by atoms with Crippen LogP contribution >= 0.6 is 0 Å². The predicted octanol–water partition coefficient (Wildman–Crippen LogP) is 9.05. The van der Waals surface area contributed by atoms with Crippen LogP contribution in [0, 0.1) is 11.3 Å². The molecule has 1 aliphatic carbocycles. The van der Waals surface area contributed by atoms with Crippen molar-refractivity contribution in [2.24, 2.45) is 0 Å². The van der Waals surface area contributed by atoms with Crippen LogP contribution in [0.3, 0.4) is 0 Å². The third kappa shape index (κ3) is 3.17. The molecule has 40 heavy (non-hydrogen) atoms. The van der Waals surface area contributed by atoms with Crippen molar-refractivity contribution in [2.75, 3.05) is 4.90 Å². The summed E-state index contributed by atoms with van der Waals surface area (Å²) < 4.78 is 2.42. The smallest absolute Gasteiger partial charge is 0.101 e. The number of anilines is 2. The van der Waals surface area contributed by atoms with Crippen LogP contribution in [0.4, 0.5) is 11.4 Å². The summed E-state index contributed by atoms with van der Waals surface area (Å²) in [6, 6.07) is 43.1. The van der Waals surface area contributed by atoms with Crippen molar-refractivity contribution < 1.29 is 0 Å². The molecule has 0 radical (unpaired) electrons. The van der Waals surface area contributed by atoms with Gasteiger partial charge < -0.3 is 9.47 Å². The normalized spacial score (nSPS) is 17.2. The van der Waals surface area contributed by atoms with Crippen LogP contribution in [0.25, 0.3) is 38.6 Å². The Morgan fingerprint density at radius 1 is 0.625 bits per heavy atom. The van der Waals surface area contributed by atoms with Gasteiger partial charge in [-0.25, -0.2) is 0 Å². The first-order chi connectivity index (χ1) is 19.8. The Balaban J connectivity index is 1.48. The Kier molecular flexibility index (Phi) is 5.02. The Morgan fingerprint density at radius 3 is 2.25 bits per heavy atom. The number of benzene rings is 5. The van der Waals surface area contributed by atoms with E-state index in [4.69, 9.17) is 0 Å². The molecule has 0 N–H and O–H groups in total. The van der Waals surface area contributed by atoms with Gasteiger partial charge in [0.05, 0.1) is 39.7 Å². The average Bonchev–Trinajstić information content (AvgIpc) is 3.55. The van der Waals surface area contributed by atoms with Crippen molar-refractivity contribution in [1.82, 2.24) is 4.57 Å². The Hall–Kier alpha value is -5.33. The topological polar surface area (TPSA) is 32.0 Å². The van der Waals surface area contributed by atoms with Crippen molar-refractivity contribution in [1.29, 1.82) is 5.26 Å². The van der Waals surface area contributed by atoms with E-state index in [2.05, 4.69) is 137 Å². The molecule has 0 fully saturated rings. The van der Waals surface area contributed by atoms with Crippen molar-refractivity contribution >= 4 is 33.2 Å². The number of nitriles is 1. The highest BCUT2D eigenvalue weighted by atomic mass is 15.2. The van der Waals surface area contributed by atoms with Gasteiger partial charge in [0.1, 0.15) is 6.07 Å². The standard InChI is InChI=1S/C37H25N3/c38-24-26-14-4-7-19-31(26)40-32-20-8-5-15-28(32)29-18-11-23-35(37(29)40)39-33-21-9-6-16-30(33)36-27(17-10-22-34(36)39)25-12-2-1-3-13-25/h1-23,28,32H. The first-order valence-electron chi connectivity index (χ1n) is 13.7. The maximum Gasteiger partial charge on any atom is 0.101 e. The van der Waals surface area contributed by atoms with Crippen LogP contribution in [-0.2, 0) is 0 Å². The molecule has 0 amide bonds. The molecule has 6 aromatic rings. The van der Waals surface area contributed by atoms with E-state index in [1.807, 2.05) is 18.2 Å². The summed E-state index contributed by atoms with van der Waals surface area (Å²) in [5, 5.41) is 12.6. The lowest BCUT2D eigenvalue weighted by atomic mass is 9.91. The predicted molar refractivity (Wildman–Crippen MR) is 164 cm³/mol. The summed E-state index contributed by atoms with van der Waals surface area (Å²) in [6.07, 6.45) is 8.83. The highest BCUT2D eigenvalue weighted by Crippen LogP contribution is 2.52. The van der Waals surface area contributed by atoms with E-state index in [0.29, 0.717) is 5.56 Å². The molecule has 0 saturated carbocycles. The minimum absolute atomic E-state index is 0.101. The average molecular weight is 512 g/mol. The molecule has 2 aliphatic rings. The molecule has 0 bridgehead atoms. The monoisotopic (exact) mass is 511 g/mol. The number of hydrogen-bond acceptors (Lipinski definition) is 2. The minimum atomic E-state index is 0.101. The second kappa shape index (κ2) is 8.86. The van der Waals surface area contributed by atoms with E-state index in [-0.39, 0.29) is 12.0 Å². The number of hydrogen-bond donors (Lipinski definition) is 0. The van der Waals surface area contributed by atoms with Gasteiger partial charge in [-0.3, -0.25) is 0 Å². The molecule has 1 aliphatic heterocycles. The van der Waals surface area contributed by atoms with Crippen LogP contribution in [-0.4, -0.2) is 10.6 Å². The van der Waals surface area contributed by atoms with E-state index in [9.17, 15) is 5.26 Å². The van der Waals surface area contributed by atoms with Gasteiger partial charge in [0, 0.05) is 16.7 Å². The lowest BCUT2D eigenvalue weighted by Gasteiger charge is -2.30. The second-order valence-electron chi connectivity index (χ2n) is 10.4. The van der Waals surface area contributed by atoms with Crippen LogP contribution in [0.2, 0.25) is 0 Å². The summed E-state index contributed by atoms with van der Waals surface area (Å²) >= 11 is 0. The van der Waals surface area contributed by atoms with E-state index in [1.165, 1.54) is 38.5 Å². The molecule has 0 saturated heterocycles. The van der Waals surface area contributed by atoms with Gasteiger partial charge in [-0.2, -0.15) is 5.26 Å². The Morgan fingerprint density at radius 2 is 1.35 bits per heavy atom. The van der Waals surface area contributed by atoms with Crippen molar-refractivity contribution in [3.63, 3.8) is 0 Å². The van der Waals surface area contributed by atoms with Gasteiger partial charge >= 0.3 is 0 Å². The summed E-state index contributed by atoms with van der Waals surface area (Å²) in [5.74, 6) is 0.208. The minimum Gasteiger partial charge on any atom is -0.330 e. The molecule has 5 aromatic carbocycles. The van der Waals surface area contributed by atoms with Gasteiger partial charge in [0.2, 0.25) is 0 Å². The zero-order valence-electron chi connectivity index (χ0n) is 21.8. The van der Waals surface area contributed by atoms with Crippen molar-refractivity contribution in [3.8, 4) is 22.9 Å². The van der Waals surface area contributed by atoms with Crippen LogP contribution in [0.1, 0.15) is 17.0 Å². The van der Waals surface area contributed by atoms with Crippen LogP contribution in [0.15, 0.2) is 140 Å². The molecule has 2 atom stereocenters. The first-order valence-corrected chi connectivity index (χ1v) is 13.7. The number of rotatable bonds is 3. The molecule has 3 heteroatoms. The third-order valence-electron chi connectivity index (χ3n) is 8.36. The fourth-order valence-electron chi connectivity index (χ4n) is 6.74. The number of allylic oxidation sites excluding steroid dienone is 2. The zero-order chi connectivity index (χ0) is 26.6. The number of para-hydroxylation sites is 3. The molecular formula is C37H25N3. The van der Waals surface area contributed by atoms with Crippen molar-refractivity contribution in [3.05, 3.63) is 151 Å². The van der Waals surface area contributed by atoms with Crippen LogP contribution < -0.4 is 4.90 Å². The molecule has 3 nitrogen and oxygen atoms in total. The molecular weight excluding hydrogens is 486 g/mol. The number of nitrogens with zero attached hydrogens (tertiary/aromatic N) is 3. The highest BCUT2D eigenvalue weighted by Gasteiger charge is 2.40. The first kappa shape index (κ1) is 22.6. The van der Waals surface area contributed by atoms with Crippen LogP contribution in [0.5, 0.6) is 0 Å². The second-order valence-corrected chi connectivity index (χ2v) is 10.4. The third-order valence-corrected chi connectivity index (χ3v) is 8.36. The molecule has 0 spiro atoms. The zero-order valence-corrected chi connectivity index (χ0v) is 21.8. The van der Waals surface area contributed by atoms with Gasteiger partial charge in [-0.05, 0) is 47.0 Å². The van der Waals surface area contributed by atoms with Gasteiger partial charge in [-0.15, -0.1) is 0 Å². The summed E-state index contributed by atoms with van der Waals surface area (Å²) in [4.78, 5) is 2.38. The highest BCUT2D eigenvalue weighted by molar-refractivity contribution is 6.16. The summed E-state index contributed by atoms with van der Waals surface area (Å²) in [6.45, 7) is 0. The molecule has 2 unspecified atom stereocenters. The molecule has 2 heterocycles. The lowest BCUT2D eigenvalue weighted by Crippen LogP contribution is -2.29. The Labute approximate surface area is 233 Å². The largest absolute Gasteiger partial charge is 0.330 e. The van der Waals surface area contributed by atoms with Crippen molar-refractivity contribution in [2.45, 2.75) is 12.0 Å². The van der Waals surface area contributed by atoms with Gasteiger partial charge in [-0.1, -0.05) is 109 Å². The van der Waals surface area contributed by atoms with Gasteiger partial charge in [0.25, 0.3) is 0 Å². The molecule has 8 rings (SSSR count). The molecule has 1 aromatic heterocycles. The quantitative estimate of drug-likeness (QED) is 0.237. The lowest BCUT2D eigenvalue weighted by molar-refractivity contribution is 0.744. The molecule has 188 valence electrons. The maximum atomic E-state index is 10.1. The fraction of sp³-hybridized carbons (Fsp3) is 0.0541.